The SMILES string of the molecule is CC([NH3+])[NH3+].[Br-].[Br-]. The minimum atomic E-state index is 0. The van der Waals surface area contributed by atoms with Crippen molar-refractivity contribution in [3.8, 4) is 0 Å². The van der Waals surface area contributed by atoms with Gasteiger partial charge in [0.15, 0.2) is 0 Å². The van der Waals surface area contributed by atoms with E-state index in [0.29, 0.717) is 6.17 Å². The van der Waals surface area contributed by atoms with Gasteiger partial charge in [0.25, 0.3) is 0 Å². The maximum absolute atomic E-state index is 3.53. The van der Waals surface area contributed by atoms with Gasteiger partial charge in [-0.15, -0.1) is 0 Å². The lowest BCUT2D eigenvalue weighted by Gasteiger charge is -1.75. The summed E-state index contributed by atoms with van der Waals surface area (Å²) in [5.41, 5.74) is 7.06. The van der Waals surface area contributed by atoms with E-state index in [4.69, 9.17) is 0 Å². The second-order valence-corrected chi connectivity index (χ2v) is 1.11. The molecule has 0 spiro atoms. The Labute approximate surface area is 58.8 Å². The first kappa shape index (κ1) is 15.8. The molecule has 0 fully saturated rings. The summed E-state index contributed by atoms with van der Waals surface area (Å²) >= 11 is 0. The van der Waals surface area contributed by atoms with Gasteiger partial charge >= 0.3 is 0 Å². The number of quaternary nitrogens is 2. The smallest absolute Gasteiger partial charge is 0.204 e. The number of hydrogen-bond donors (Lipinski definition) is 2. The van der Waals surface area contributed by atoms with Gasteiger partial charge in [-0.2, -0.15) is 0 Å². The van der Waals surface area contributed by atoms with Crippen LogP contribution >= 0.6 is 0 Å². The Morgan fingerprint density at radius 2 is 1.17 bits per heavy atom. The Morgan fingerprint density at radius 3 is 1.17 bits per heavy atom. The van der Waals surface area contributed by atoms with Crippen LogP contribution in [0.4, 0.5) is 0 Å². The Morgan fingerprint density at radius 1 is 1.17 bits per heavy atom. The van der Waals surface area contributed by atoms with Gasteiger partial charge in [0.2, 0.25) is 6.17 Å². The van der Waals surface area contributed by atoms with Crippen molar-refractivity contribution in [1.29, 1.82) is 0 Å². The van der Waals surface area contributed by atoms with Gasteiger partial charge in [-0.05, 0) is 0 Å². The highest BCUT2D eigenvalue weighted by Gasteiger charge is 1.76. The van der Waals surface area contributed by atoms with Crippen molar-refractivity contribution in [2.24, 2.45) is 0 Å². The molecule has 0 atom stereocenters. The molecule has 0 saturated carbocycles. The molecule has 0 amide bonds. The van der Waals surface area contributed by atoms with Crippen LogP contribution in [0.5, 0.6) is 0 Å². The predicted molar refractivity (Wildman–Crippen MR) is 15.2 cm³/mol. The van der Waals surface area contributed by atoms with Crippen LogP contribution in [0.2, 0.25) is 0 Å². The molecule has 0 saturated heterocycles. The van der Waals surface area contributed by atoms with Gasteiger partial charge < -0.3 is 45.4 Å². The van der Waals surface area contributed by atoms with E-state index in [9.17, 15) is 0 Å². The fourth-order valence-electron chi connectivity index (χ4n) is 0. The molecule has 0 aliphatic carbocycles. The average molecular weight is 222 g/mol. The van der Waals surface area contributed by atoms with E-state index in [2.05, 4.69) is 11.5 Å². The van der Waals surface area contributed by atoms with Crippen LogP contribution in [-0.2, 0) is 0 Å². The van der Waals surface area contributed by atoms with Gasteiger partial charge in [0.1, 0.15) is 0 Å². The molecule has 0 aromatic carbocycles. The molecule has 42 valence electrons. The zero-order valence-electron chi connectivity index (χ0n) is 3.75. The van der Waals surface area contributed by atoms with Crippen molar-refractivity contribution >= 4 is 0 Å². The van der Waals surface area contributed by atoms with Crippen molar-refractivity contribution in [3.63, 3.8) is 0 Å². The number of halogens is 2. The Bertz CT molecular complexity index is 14.3. The van der Waals surface area contributed by atoms with Crippen LogP contribution in [0.15, 0.2) is 0 Å². The minimum absolute atomic E-state index is 0. The van der Waals surface area contributed by atoms with Gasteiger partial charge in [-0.1, -0.05) is 0 Å². The molecule has 0 rings (SSSR count). The highest BCUT2D eigenvalue weighted by molar-refractivity contribution is 3.94. The van der Waals surface area contributed by atoms with Gasteiger partial charge in [-0.3, -0.25) is 0 Å². The quantitative estimate of drug-likeness (QED) is 0.382. The van der Waals surface area contributed by atoms with Crippen molar-refractivity contribution in [2.75, 3.05) is 0 Å². The fourth-order valence-corrected chi connectivity index (χ4v) is 0. The summed E-state index contributed by atoms with van der Waals surface area (Å²) in [7, 11) is 0. The molecular formula is C2H10Br2N2. The second-order valence-electron chi connectivity index (χ2n) is 1.11. The molecule has 0 aliphatic heterocycles. The number of rotatable bonds is 0. The largest absolute Gasteiger partial charge is 1.00 e. The third-order valence-corrected chi connectivity index (χ3v) is 0. The molecule has 0 aromatic rings. The van der Waals surface area contributed by atoms with Gasteiger partial charge in [0, 0.05) is 6.92 Å². The van der Waals surface area contributed by atoms with Crippen molar-refractivity contribution in [3.05, 3.63) is 0 Å². The van der Waals surface area contributed by atoms with Crippen LogP contribution in [0, 0.1) is 0 Å². The number of hydrogen-bond acceptors (Lipinski definition) is 0. The van der Waals surface area contributed by atoms with Crippen LogP contribution < -0.4 is 45.4 Å². The third kappa shape index (κ3) is 94.9. The fraction of sp³-hybridized carbons (Fsp3) is 1.00. The molecule has 6 N–H and O–H groups in total. The third-order valence-electron chi connectivity index (χ3n) is 0. The summed E-state index contributed by atoms with van der Waals surface area (Å²) in [4.78, 5) is 0. The highest BCUT2D eigenvalue weighted by Crippen LogP contribution is 1.29. The van der Waals surface area contributed by atoms with E-state index >= 15 is 0 Å². The van der Waals surface area contributed by atoms with Crippen LogP contribution in [0.1, 0.15) is 6.92 Å². The molecule has 2 nitrogen and oxygen atoms in total. The van der Waals surface area contributed by atoms with Crippen LogP contribution in [0.3, 0.4) is 0 Å². The molecule has 4 heteroatoms. The summed E-state index contributed by atoms with van der Waals surface area (Å²) in [5, 5.41) is 0. The summed E-state index contributed by atoms with van der Waals surface area (Å²) in [6.45, 7) is 1.94. The molecule has 6 heavy (non-hydrogen) atoms. The molecule has 0 radical (unpaired) electrons. The molecule has 0 aromatic heterocycles. The molecule has 0 aliphatic rings. The van der Waals surface area contributed by atoms with Gasteiger partial charge in [0.05, 0.1) is 0 Å². The second kappa shape index (κ2) is 9.30. The van der Waals surface area contributed by atoms with Crippen LogP contribution in [-0.4, -0.2) is 6.17 Å². The standard InChI is InChI=1S/C2H8N2.2BrH/c1-2(3)4;;/h2H,3-4H2,1H3;2*1H. The Hall–Kier alpha value is 0.880. The summed E-state index contributed by atoms with van der Waals surface area (Å²) in [6.07, 6.45) is 0.333. The minimum Gasteiger partial charge on any atom is -1.00 e. The summed E-state index contributed by atoms with van der Waals surface area (Å²) in [6, 6.07) is 0. The zero-order valence-corrected chi connectivity index (χ0v) is 6.92. The van der Waals surface area contributed by atoms with Crippen LogP contribution in [0.25, 0.3) is 0 Å². The molecule has 0 heterocycles. The van der Waals surface area contributed by atoms with Gasteiger partial charge in [-0.25, -0.2) is 0 Å². The summed E-state index contributed by atoms with van der Waals surface area (Å²) in [5.74, 6) is 0. The van der Waals surface area contributed by atoms with E-state index in [-0.39, 0.29) is 34.0 Å². The van der Waals surface area contributed by atoms with E-state index in [1.54, 1.807) is 0 Å². The lowest BCUT2D eigenvalue weighted by atomic mass is 10.7. The van der Waals surface area contributed by atoms with E-state index in [1.807, 2.05) is 6.92 Å². The topological polar surface area (TPSA) is 55.3 Å². The normalized spacial score (nSPS) is 6.00. The predicted octanol–water partition coefficient (Wildman–Crippen LogP) is -8.18. The Kier molecular flexibility index (Phi) is 24.5. The molecule has 0 bridgehead atoms. The Balaban J connectivity index is -0.0000000450. The maximum Gasteiger partial charge on any atom is 0.204 e. The molecule has 0 unspecified atom stereocenters. The molecular weight excluding hydrogens is 212 g/mol. The van der Waals surface area contributed by atoms with Crippen molar-refractivity contribution in [2.45, 2.75) is 13.1 Å². The lowest BCUT2D eigenvalue weighted by Crippen LogP contribution is -3.00. The monoisotopic (exact) mass is 220 g/mol. The van der Waals surface area contributed by atoms with E-state index in [0.717, 1.165) is 0 Å². The zero-order chi connectivity index (χ0) is 3.58. The first-order valence-electron chi connectivity index (χ1n) is 1.39. The first-order chi connectivity index (χ1) is 1.73. The first-order valence-corrected chi connectivity index (χ1v) is 1.39. The average Bonchev–Trinajstić information content (AvgIpc) is 0.811. The highest BCUT2D eigenvalue weighted by atomic mass is 79.9. The maximum atomic E-state index is 3.53. The lowest BCUT2D eigenvalue weighted by molar-refractivity contribution is -0.651. The van der Waals surface area contributed by atoms with E-state index < -0.39 is 0 Å². The van der Waals surface area contributed by atoms with Crippen molar-refractivity contribution in [1.82, 2.24) is 0 Å². The van der Waals surface area contributed by atoms with Crippen molar-refractivity contribution < 1.29 is 45.4 Å². The van der Waals surface area contributed by atoms with E-state index in [1.165, 1.54) is 0 Å². The summed E-state index contributed by atoms with van der Waals surface area (Å²) < 4.78 is 0.